The van der Waals surface area contributed by atoms with Gasteiger partial charge in [0.1, 0.15) is 6.61 Å². The summed E-state index contributed by atoms with van der Waals surface area (Å²) in [5, 5.41) is 4.81. The van der Waals surface area contributed by atoms with Gasteiger partial charge in [-0.25, -0.2) is 9.86 Å². The Morgan fingerprint density at radius 2 is 2.00 bits per heavy atom. The minimum Gasteiger partial charge on any atom is -0.297 e. The van der Waals surface area contributed by atoms with Crippen LogP contribution in [0.4, 0.5) is 9.80 Å². The monoisotopic (exact) mass is 276 g/mol. The fraction of sp³-hybridized carbons (Fsp3) is 0.214. The summed E-state index contributed by atoms with van der Waals surface area (Å²) < 4.78 is 0. The highest BCUT2D eigenvalue weighted by Gasteiger charge is 2.10. The molecule has 0 spiro atoms. The third-order valence-corrected chi connectivity index (χ3v) is 3.44. The largest absolute Gasteiger partial charge is 0.346 e. The Morgan fingerprint density at radius 1 is 1.26 bits per heavy atom. The van der Waals surface area contributed by atoms with Crippen molar-refractivity contribution < 1.29 is 9.63 Å². The highest BCUT2D eigenvalue weighted by Crippen LogP contribution is 2.20. The lowest BCUT2D eigenvalue weighted by Crippen LogP contribution is -2.31. The van der Waals surface area contributed by atoms with E-state index in [2.05, 4.69) is 5.32 Å². The van der Waals surface area contributed by atoms with Gasteiger partial charge in [0.15, 0.2) is 0 Å². The average Bonchev–Trinajstić information content (AvgIpc) is 2.82. The fourth-order valence-corrected chi connectivity index (χ4v) is 2.25. The molecular formula is C14H16N2O2S. The Hall–Kier alpha value is -1.85. The van der Waals surface area contributed by atoms with Crippen molar-refractivity contribution in [2.24, 2.45) is 0 Å². The first-order chi connectivity index (χ1) is 9.15. The Bertz CT molecular complexity index is 539. The van der Waals surface area contributed by atoms with E-state index >= 15 is 0 Å². The summed E-state index contributed by atoms with van der Waals surface area (Å²) in [6, 6.07) is 13.3. The maximum Gasteiger partial charge on any atom is 0.346 e. The number of carbonyl (C=O) groups is 1. The molecule has 1 aromatic heterocycles. The molecule has 5 heteroatoms. The van der Waals surface area contributed by atoms with Crippen LogP contribution in [-0.2, 0) is 11.4 Å². The molecule has 100 valence electrons. The van der Waals surface area contributed by atoms with Crippen LogP contribution in [0.1, 0.15) is 10.4 Å². The molecule has 19 heavy (non-hydrogen) atoms. The first-order valence-electron chi connectivity index (χ1n) is 5.93. The van der Waals surface area contributed by atoms with E-state index in [-0.39, 0.29) is 6.03 Å². The summed E-state index contributed by atoms with van der Waals surface area (Å²) in [5.74, 6) is 0. The number of anilines is 1. The number of rotatable bonds is 4. The molecule has 0 aliphatic rings. The van der Waals surface area contributed by atoms with Gasteiger partial charge in [-0.3, -0.25) is 10.2 Å². The third kappa shape index (κ3) is 4.08. The molecule has 0 saturated carbocycles. The van der Waals surface area contributed by atoms with Gasteiger partial charge in [0, 0.05) is 11.9 Å². The van der Waals surface area contributed by atoms with Gasteiger partial charge in [-0.1, -0.05) is 30.3 Å². The van der Waals surface area contributed by atoms with E-state index in [1.54, 1.807) is 7.05 Å². The number of benzene rings is 1. The number of nitrogens with one attached hydrogen (secondary N) is 1. The Morgan fingerprint density at radius 3 is 2.63 bits per heavy atom. The molecule has 0 atom stereocenters. The summed E-state index contributed by atoms with van der Waals surface area (Å²) in [6.45, 7) is 2.37. The van der Waals surface area contributed by atoms with Gasteiger partial charge in [0.2, 0.25) is 0 Å². The highest BCUT2D eigenvalue weighted by molar-refractivity contribution is 7.16. The van der Waals surface area contributed by atoms with E-state index in [0.29, 0.717) is 6.61 Å². The summed E-state index contributed by atoms with van der Waals surface area (Å²) in [4.78, 5) is 18.4. The van der Waals surface area contributed by atoms with Gasteiger partial charge in [-0.15, -0.1) is 11.3 Å². The molecule has 2 amide bonds. The number of nitrogens with zero attached hydrogens (tertiary/aromatic N) is 1. The molecule has 0 saturated heterocycles. The minimum absolute atomic E-state index is 0.280. The van der Waals surface area contributed by atoms with Crippen LogP contribution in [0.3, 0.4) is 0 Å². The molecule has 0 aliphatic carbocycles. The van der Waals surface area contributed by atoms with E-state index in [1.807, 2.05) is 49.4 Å². The van der Waals surface area contributed by atoms with E-state index in [9.17, 15) is 4.79 Å². The SMILES string of the molecule is Cc1ccc(NC(=O)N(C)OCc2ccccc2)s1. The summed E-state index contributed by atoms with van der Waals surface area (Å²) in [6.07, 6.45) is 0. The van der Waals surface area contributed by atoms with Crippen LogP contribution in [0, 0.1) is 6.92 Å². The van der Waals surface area contributed by atoms with Crippen LogP contribution in [0.2, 0.25) is 0 Å². The highest BCUT2D eigenvalue weighted by atomic mass is 32.1. The van der Waals surface area contributed by atoms with E-state index in [0.717, 1.165) is 15.4 Å². The van der Waals surface area contributed by atoms with E-state index in [1.165, 1.54) is 16.4 Å². The van der Waals surface area contributed by atoms with E-state index in [4.69, 9.17) is 4.84 Å². The molecule has 0 bridgehead atoms. The van der Waals surface area contributed by atoms with Crippen molar-refractivity contribution in [3.05, 3.63) is 52.9 Å². The second kappa shape index (κ2) is 6.36. The van der Waals surface area contributed by atoms with Crippen LogP contribution in [-0.4, -0.2) is 18.1 Å². The van der Waals surface area contributed by atoms with Gasteiger partial charge in [-0.2, -0.15) is 0 Å². The van der Waals surface area contributed by atoms with Crippen LogP contribution >= 0.6 is 11.3 Å². The number of hydrogen-bond acceptors (Lipinski definition) is 3. The molecule has 0 fully saturated rings. The second-order valence-corrected chi connectivity index (χ2v) is 5.38. The van der Waals surface area contributed by atoms with Gasteiger partial charge in [0.05, 0.1) is 5.00 Å². The summed E-state index contributed by atoms with van der Waals surface area (Å²) in [5.41, 5.74) is 1.02. The molecule has 1 heterocycles. The van der Waals surface area contributed by atoms with Gasteiger partial charge >= 0.3 is 6.03 Å². The first-order valence-corrected chi connectivity index (χ1v) is 6.75. The first kappa shape index (κ1) is 13.6. The molecule has 0 aliphatic heterocycles. The number of hydroxylamine groups is 2. The van der Waals surface area contributed by atoms with Crippen molar-refractivity contribution >= 4 is 22.4 Å². The number of carbonyl (C=O) groups excluding carboxylic acids is 1. The Balaban J connectivity index is 1.82. The summed E-state index contributed by atoms with van der Waals surface area (Å²) >= 11 is 1.53. The lowest BCUT2D eigenvalue weighted by atomic mass is 10.2. The maximum atomic E-state index is 11.8. The summed E-state index contributed by atoms with van der Waals surface area (Å²) in [7, 11) is 1.60. The number of urea groups is 1. The van der Waals surface area contributed by atoms with Crippen LogP contribution in [0.15, 0.2) is 42.5 Å². The minimum atomic E-state index is -0.280. The zero-order valence-corrected chi connectivity index (χ0v) is 11.7. The molecule has 1 N–H and O–H groups in total. The zero-order valence-electron chi connectivity index (χ0n) is 10.9. The van der Waals surface area contributed by atoms with Gasteiger partial charge in [-0.05, 0) is 24.6 Å². The zero-order chi connectivity index (χ0) is 13.7. The maximum absolute atomic E-state index is 11.8. The number of aryl methyl sites for hydroxylation is 1. The van der Waals surface area contributed by atoms with Gasteiger partial charge in [0.25, 0.3) is 0 Å². The van der Waals surface area contributed by atoms with Crippen LogP contribution < -0.4 is 5.32 Å². The topological polar surface area (TPSA) is 41.6 Å². The average molecular weight is 276 g/mol. The molecular weight excluding hydrogens is 260 g/mol. The van der Waals surface area contributed by atoms with Crippen molar-refractivity contribution in [2.75, 3.05) is 12.4 Å². The normalized spacial score (nSPS) is 10.2. The van der Waals surface area contributed by atoms with Crippen molar-refractivity contribution in [1.29, 1.82) is 0 Å². The van der Waals surface area contributed by atoms with Crippen LogP contribution in [0.5, 0.6) is 0 Å². The molecule has 2 rings (SSSR count). The van der Waals surface area contributed by atoms with Gasteiger partial charge < -0.3 is 0 Å². The molecule has 0 unspecified atom stereocenters. The second-order valence-electron chi connectivity index (χ2n) is 4.10. The lowest BCUT2D eigenvalue weighted by Gasteiger charge is -2.16. The van der Waals surface area contributed by atoms with Crippen molar-refractivity contribution in [1.82, 2.24) is 5.06 Å². The molecule has 1 aromatic carbocycles. The predicted octanol–water partition coefficient (Wildman–Crippen LogP) is 3.65. The lowest BCUT2D eigenvalue weighted by molar-refractivity contribution is -0.105. The van der Waals surface area contributed by atoms with E-state index < -0.39 is 0 Å². The van der Waals surface area contributed by atoms with Crippen molar-refractivity contribution in [3.63, 3.8) is 0 Å². The quantitative estimate of drug-likeness (QED) is 0.866. The molecule has 0 radical (unpaired) electrons. The predicted molar refractivity (Wildman–Crippen MR) is 77.1 cm³/mol. The standard InChI is InChI=1S/C14H16N2O2S/c1-11-8-9-13(19-11)15-14(17)16(2)18-10-12-6-4-3-5-7-12/h3-9H,10H2,1-2H3,(H,15,17). The third-order valence-electron chi connectivity index (χ3n) is 2.52. The van der Waals surface area contributed by atoms with Crippen molar-refractivity contribution in [2.45, 2.75) is 13.5 Å². The van der Waals surface area contributed by atoms with Crippen LogP contribution in [0.25, 0.3) is 0 Å². The smallest absolute Gasteiger partial charge is 0.297 e. The Kier molecular flexibility index (Phi) is 4.54. The fourth-order valence-electron chi connectivity index (χ4n) is 1.49. The Labute approximate surface area is 116 Å². The molecule has 4 nitrogen and oxygen atoms in total. The number of thiophene rings is 1. The molecule has 2 aromatic rings. The van der Waals surface area contributed by atoms with Crippen molar-refractivity contribution in [3.8, 4) is 0 Å². The number of amides is 2. The number of hydrogen-bond donors (Lipinski definition) is 1.